The second-order valence-electron chi connectivity index (χ2n) is 8.03. The summed E-state index contributed by atoms with van der Waals surface area (Å²) in [5.74, 6) is 3.86. The molecule has 0 unspecified atom stereocenters. The zero-order chi connectivity index (χ0) is 21.9. The van der Waals surface area contributed by atoms with Crippen molar-refractivity contribution in [1.82, 2.24) is 15.0 Å². The first-order chi connectivity index (χ1) is 15.7. The van der Waals surface area contributed by atoms with E-state index >= 15 is 0 Å². The molecule has 1 fully saturated rings. The molecule has 32 heavy (non-hydrogen) atoms. The van der Waals surface area contributed by atoms with E-state index in [9.17, 15) is 4.79 Å². The molecule has 3 heterocycles. The Balaban J connectivity index is 1.13. The highest BCUT2D eigenvalue weighted by Gasteiger charge is 2.27. The van der Waals surface area contributed by atoms with Gasteiger partial charge in [-0.3, -0.25) is 4.79 Å². The molecule has 1 amide bonds. The van der Waals surface area contributed by atoms with Gasteiger partial charge >= 0.3 is 0 Å². The van der Waals surface area contributed by atoms with E-state index in [0.717, 1.165) is 41.2 Å². The summed E-state index contributed by atoms with van der Waals surface area (Å²) in [7, 11) is 1.63. The third kappa shape index (κ3) is 4.26. The molecule has 2 aliphatic rings. The lowest BCUT2D eigenvalue weighted by Gasteiger charge is -2.30. The van der Waals surface area contributed by atoms with E-state index in [0.29, 0.717) is 37.6 Å². The largest absolute Gasteiger partial charge is 0.497 e. The summed E-state index contributed by atoms with van der Waals surface area (Å²) in [4.78, 5) is 19.2. The molecule has 1 saturated heterocycles. The molecule has 8 nitrogen and oxygen atoms in total. The number of carbonyl (C=O) groups is 1. The highest BCUT2D eigenvalue weighted by Crippen LogP contribution is 2.33. The fourth-order valence-electron chi connectivity index (χ4n) is 4.14. The van der Waals surface area contributed by atoms with Gasteiger partial charge < -0.3 is 23.6 Å². The van der Waals surface area contributed by atoms with E-state index in [1.807, 2.05) is 47.4 Å². The first-order valence-electron chi connectivity index (χ1n) is 10.8. The second kappa shape index (κ2) is 8.90. The van der Waals surface area contributed by atoms with Crippen molar-refractivity contribution in [2.24, 2.45) is 0 Å². The number of piperidine rings is 1. The van der Waals surface area contributed by atoms with E-state index in [-0.39, 0.29) is 18.6 Å². The standard InChI is InChI=1S/C24H25N3O5/c1-29-19-6-4-17(5-7-19)23-25-24(32-26-23)18-10-12-27(13-11-18)22(28)9-3-16-2-8-20-21(14-16)31-15-30-20/h2,4-8,14,18H,3,9-13,15H2,1H3. The van der Waals surface area contributed by atoms with Crippen molar-refractivity contribution < 1.29 is 23.5 Å². The van der Waals surface area contributed by atoms with Gasteiger partial charge in [-0.15, -0.1) is 0 Å². The lowest BCUT2D eigenvalue weighted by molar-refractivity contribution is -0.132. The van der Waals surface area contributed by atoms with Gasteiger partial charge in [-0.2, -0.15) is 4.98 Å². The van der Waals surface area contributed by atoms with Gasteiger partial charge in [0.05, 0.1) is 7.11 Å². The Bertz CT molecular complexity index is 1090. The number of nitrogens with zero attached hydrogens (tertiary/aromatic N) is 3. The van der Waals surface area contributed by atoms with Crippen LogP contribution in [0.3, 0.4) is 0 Å². The third-order valence-electron chi connectivity index (χ3n) is 6.05. The lowest BCUT2D eigenvalue weighted by Crippen LogP contribution is -2.38. The van der Waals surface area contributed by atoms with Crippen molar-refractivity contribution in [3.63, 3.8) is 0 Å². The zero-order valence-electron chi connectivity index (χ0n) is 18.0. The predicted molar refractivity (Wildman–Crippen MR) is 116 cm³/mol. The second-order valence-corrected chi connectivity index (χ2v) is 8.03. The number of hydrogen-bond acceptors (Lipinski definition) is 7. The molecule has 2 aliphatic heterocycles. The monoisotopic (exact) mass is 435 g/mol. The topological polar surface area (TPSA) is 86.9 Å². The van der Waals surface area contributed by atoms with Gasteiger partial charge in [0.25, 0.3) is 0 Å². The molecule has 0 aliphatic carbocycles. The quantitative estimate of drug-likeness (QED) is 0.582. The Morgan fingerprint density at radius 2 is 1.88 bits per heavy atom. The molecule has 5 rings (SSSR count). The third-order valence-corrected chi connectivity index (χ3v) is 6.05. The molecule has 1 aromatic heterocycles. The Labute approximate surface area is 186 Å². The number of hydrogen-bond donors (Lipinski definition) is 0. The van der Waals surface area contributed by atoms with Crippen LogP contribution in [0.2, 0.25) is 0 Å². The number of ether oxygens (including phenoxy) is 3. The molecule has 2 aromatic carbocycles. The molecule has 3 aromatic rings. The molecule has 166 valence electrons. The molecule has 0 spiro atoms. The number of methoxy groups -OCH3 is 1. The summed E-state index contributed by atoms with van der Waals surface area (Å²) >= 11 is 0. The van der Waals surface area contributed by atoms with Crippen molar-refractivity contribution in [3.05, 3.63) is 53.9 Å². The average molecular weight is 435 g/mol. The van der Waals surface area contributed by atoms with E-state index in [1.165, 1.54) is 0 Å². The van der Waals surface area contributed by atoms with Gasteiger partial charge in [-0.25, -0.2) is 0 Å². The van der Waals surface area contributed by atoms with Crippen LogP contribution >= 0.6 is 0 Å². The van der Waals surface area contributed by atoms with Gasteiger partial charge in [0.1, 0.15) is 5.75 Å². The number of fused-ring (bicyclic) bond motifs is 1. The van der Waals surface area contributed by atoms with Gasteiger partial charge in [0.15, 0.2) is 11.5 Å². The summed E-state index contributed by atoms with van der Waals surface area (Å²) < 4.78 is 21.5. The van der Waals surface area contributed by atoms with Gasteiger partial charge in [-0.1, -0.05) is 11.2 Å². The summed E-state index contributed by atoms with van der Waals surface area (Å²) in [5, 5.41) is 4.13. The molecule has 0 saturated carbocycles. The molecule has 0 radical (unpaired) electrons. The van der Waals surface area contributed by atoms with Crippen molar-refractivity contribution in [2.45, 2.75) is 31.6 Å². The first kappa shape index (κ1) is 20.4. The number of rotatable bonds is 6. The van der Waals surface area contributed by atoms with Crippen molar-refractivity contribution >= 4 is 5.91 Å². The Morgan fingerprint density at radius 1 is 1.09 bits per heavy atom. The van der Waals surface area contributed by atoms with Crippen LogP contribution in [-0.2, 0) is 11.2 Å². The van der Waals surface area contributed by atoms with Crippen molar-refractivity contribution in [2.75, 3.05) is 27.0 Å². The SMILES string of the molecule is COc1ccc(-c2noc(C3CCN(C(=O)CCc4ccc5c(c4)OCO5)CC3)n2)cc1. The van der Waals surface area contributed by atoms with Crippen LogP contribution in [0.25, 0.3) is 11.4 Å². The normalized spacial score (nSPS) is 15.7. The Morgan fingerprint density at radius 3 is 2.66 bits per heavy atom. The fraction of sp³-hybridized carbons (Fsp3) is 0.375. The van der Waals surface area contributed by atoms with E-state index < -0.39 is 0 Å². The summed E-state index contributed by atoms with van der Waals surface area (Å²) in [6, 6.07) is 13.4. The van der Waals surface area contributed by atoms with Crippen LogP contribution in [0.5, 0.6) is 17.2 Å². The summed E-state index contributed by atoms with van der Waals surface area (Å²) in [5.41, 5.74) is 1.96. The molecular weight excluding hydrogens is 410 g/mol. The fourth-order valence-corrected chi connectivity index (χ4v) is 4.14. The van der Waals surface area contributed by atoms with Crippen molar-refractivity contribution in [3.8, 4) is 28.6 Å². The van der Waals surface area contributed by atoms with Crippen LogP contribution < -0.4 is 14.2 Å². The van der Waals surface area contributed by atoms with Crippen LogP contribution in [0.15, 0.2) is 47.0 Å². The average Bonchev–Trinajstić information content (AvgIpc) is 3.52. The molecule has 0 N–H and O–H groups in total. The molecule has 8 heteroatoms. The van der Waals surface area contributed by atoms with Crippen LogP contribution in [-0.4, -0.2) is 47.9 Å². The summed E-state index contributed by atoms with van der Waals surface area (Å²) in [6.45, 7) is 1.66. The lowest BCUT2D eigenvalue weighted by atomic mass is 9.96. The van der Waals surface area contributed by atoms with E-state index in [2.05, 4.69) is 10.1 Å². The van der Waals surface area contributed by atoms with Gasteiger partial charge in [0, 0.05) is 31.0 Å². The number of aryl methyl sites for hydroxylation is 1. The maximum absolute atomic E-state index is 12.7. The maximum atomic E-state index is 12.7. The highest BCUT2D eigenvalue weighted by atomic mass is 16.7. The van der Waals surface area contributed by atoms with Crippen LogP contribution in [0.1, 0.15) is 36.6 Å². The number of carbonyl (C=O) groups excluding carboxylic acids is 1. The first-order valence-corrected chi connectivity index (χ1v) is 10.8. The smallest absolute Gasteiger partial charge is 0.231 e. The van der Waals surface area contributed by atoms with Crippen LogP contribution in [0.4, 0.5) is 0 Å². The van der Waals surface area contributed by atoms with E-state index in [1.54, 1.807) is 7.11 Å². The maximum Gasteiger partial charge on any atom is 0.231 e. The van der Waals surface area contributed by atoms with Crippen molar-refractivity contribution in [1.29, 1.82) is 0 Å². The zero-order valence-corrected chi connectivity index (χ0v) is 18.0. The van der Waals surface area contributed by atoms with Gasteiger partial charge in [-0.05, 0) is 61.2 Å². The minimum Gasteiger partial charge on any atom is -0.497 e. The predicted octanol–water partition coefficient (Wildman–Crippen LogP) is 3.81. The number of benzene rings is 2. The molecule has 0 bridgehead atoms. The Hall–Kier alpha value is -3.55. The van der Waals surface area contributed by atoms with E-state index in [4.69, 9.17) is 18.7 Å². The number of aromatic nitrogens is 2. The minimum absolute atomic E-state index is 0.172. The molecule has 0 atom stereocenters. The summed E-state index contributed by atoms with van der Waals surface area (Å²) in [6.07, 6.45) is 2.80. The molecular formula is C24H25N3O5. The Kier molecular flexibility index (Phi) is 5.66. The van der Waals surface area contributed by atoms with Crippen LogP contribution in [0, 0.1) is 0 Å². The number of amides is 1. The number of likely N-dealkylation sites (tertiary alicyclic amines) is 1. The van der Waals surface area contributed by atoms with Gasteiger partial charge in [0.2, 0.25) is 24.4 Å². The minimum atomic E-state index is 0.172. The highest BCUT2D eigenvalue weighted by molar-refractivity contribution is 5.76.